The van der Waals surface area contributed by atoms with Crippen LogP contribution in [-0.4, -0.2) is 20.2 Å². The first kappa shape index (κ1) is 12.2. The van der Waals surface area contributed by atoms with Crippen molar-refractivity contribution >= 4 is 11.6 Å². The molecule has 0 atom stereocenters. The number of nitrogens with zero attached hydrogens (tertiary/aromatic N) is 4. The van der Waals surface area contributed by atoms with Crippen molar-refractivity contribution in [2.24, 2.45) is 0 Å². The fraction of sp³-hybridized carbons (Fsp3) is 0.0714. The van der Waals surface area contributed by atoms with Gasteiger partial charge in [-0.2, -0.15) is 4.68 Å². The molecule has 20 heavy (non-hydrogen) atoms. The van der Waals surface area contributed by atoms with Crippen molar-refractivity contribution in [3.05, 3.63) is 60.2 Å². The van der Waals surface area contributed by atoms with Crippen molar-refractivity contribution in [3.63, 3.8) is 0 Å². The summed E-state index contributed by atoms with van der Waals surface area (Å²) in [6.45, 7) is 0.609. The van der Waals surface area contributed by atoms with E-state index >= 15 is 0 Å². The van der Waals surface area contributed by atoms with Crippen LogP contribution in [0, 0.1) is 0 Å². The van der Waals surface area contributed by atoms with E-state index in [1.165, 1.54) is 0 Å². The average Bonchev–Trinajstić information content (AvgIpc) is 2.95. The van der Waals surface area contributed by atoms with Crippen LogP contribution in [0.1, 0.15) is 5.56 Å². The first-order valence-corrected chi connectivity index (χ1v) is 6.25. The summed E-state index contributed by atoms with van der Waals surface area (Å²) in [5, 5.41) is 14.9. The van der Waals surface area contributed by atoms with E-state index < -0.39 is 0 Å². The monoisotopic (exact) mass is 266 g/mol. The molecule has 0 saturated heterocycles. The van der Waals surface area contributed by atoms with Gasteiger partial charge in [0.2, 0.25) is 5.95 Å². The normalized spacial score (nSPS) is 10.4. The number of benzene rings is 2. The topological polar surface area (TPSA) is 81.7 Å². The predicted molar refractivity (Wildman–Crippen MR) is 77.3 cm³/mol. The predicted octanol–water partition coefficient (Wildman–Crippen LogP) is 1.86. The third-order valence-corrected chi connectivity index (χ3v) is 2.87. The number of rotatable bonds is 4. The fourth-order valence-corrected chi connectivity index (χ4v) is 1.92. The SMILES string of the molecule is Nc1cccc(CNc2nnnn2-c2ccccc2)c1. The minimum absolute atomic E-state index is 0.596. The largest absolute Gasteiger partial charge is 0.399 e. The van der Waals surface area contributed by atoms with E-state index in [9.17, 15) is 0 Å². The van der Waals surface area contributed by atoms with Crippen molar-refractivity contribution < 1.29 is 0 Å². The number of nitrogen functional groups attached to an aromatic ring is 1. The zero-order chi connectivity index (χ0) is 13.8. The van der Waals surface area contributed by atoms with Crippen LogP contribution < -0.4 is 11.1 Å². The number of aromatic nitrogens is 4. The smallest absolute Gasteiger partial charge is 0.248 e. The maximum Gasteiger partial charge on any atom is 0.248 e. The molecule has 1 heterocycles. The third kappa shape index (κ3) is 2.59. The molecule has 6 heteroatoms. The maximum atomic E-state index is 5.76. The highest BCUT2D eigenvalue weighted by Gasteiger charge is 2.07. The van der Waals surface area contributed by atoms with E-state index in [1.54, 1.807) is 4.68 Å². The Morgan fingerprint density at radius 3 is 2.70 bits per heavy atom. The lowest BCUT2D eigenvalue weighted by molar-refractivity contribution is 0.789. The van der Waals surface area contributed by atoms with E-state index in [4.69, 9.17) is 5.73 Å². The molecule has 2 aromatic carbocycles. The molecule has 3 aromatic rings. The highest BCUT2D eigenvalue weighted by atomic mass is 15.6. The first-order chi connectivity index (χ1) is 9.83. The lowest BCUT2D eigenvalue weighted by atomic mass is 10.2. The summed E-state index contributed by atoms with van der Waals surface area (Å²) in [4.78, 5) is 0. The standard InChI is InChI=1S/C14H14N6/c15-12-6-4-5-11(9-12)10-16-14-17-18-19-20(14)13-7-2-1-3-8-13/h1-9H,10,15H2,(H,16,17,19). The second-order valence-corrected chi connectivity index (χ2v) is 4.35. The summed E-state index contributed by atoms with van der Waals surface area (Å²) in [6.07, 6.45) is 0. The van der Waals surface area contributed by atoms with Crippen LogP contribution in [0.3, 0.4) is 0 Å². The Kier molecular flexibility index (Phi) is 3.28. The van der Waals surface area contributed by atoms with Gasteiger partial charge in [0, 0.05) is 12.2 Å². The molecule has 0 fully saturated rings. The molecule has 0 unspecified atom stereocenters. The van der Waals surface area contributed by atoms with E-state index in [-0.39, 0.29) is 0 Å². The van der Waals surface area contributed by atoms with Gasteiger partial charge in [0.15, 0.2) is 0 Å². The molecular weight excluding hydrogens is 252 g/mol. The summed E-state index contributed by atoms with van der Waals surface area (Å²) in [6, 6.07) is 17.4. The Hall–Kier alpha value is -2.89. The number of nitrogens with one attached hydrogen (secondary N) is 1. The highest BCUT2D eigenvalue weighted by Crippen LogP contribution is 2.12. The summed E-state index contributed by atoms with van der Waals surface area (Å²) in [7, 11) is 0. The molecular formula is C14H14N6. The molecule has 0 spiro atoms. The number of nitrogens with two attached hydrogens (primary N) is 1. The van der Waals surface area contributed by atoms with Gasteiger partial charge in [-0.3, -0.25) is 0 Å². The molecule has 0 aliphatic carbocycles. The van der Waals surface area contributed by atoms with Crippen LogP contribution >= 0.6 is 0 Å². The van der Waals surface area contributed by atoms with Crippen LogP contribution in [0.2, 0.25) is 0 Å². The van der Waals surface area contributed by atoms with Gasteiger partial charge in [-0.15, -0.1) is 0 Å². The number of anilines is 2. The van der Waals surface area contributed by atoms with Gasteiger partial charge in [0.05, 0.1) is 5.69 Å². The van der Waals surface area contributed by atoms with Crippen LogP contribution in [0.4, 0.5) is 11.6 Å². The molecule has 3 rings (SSSR count). The van der Waals surface area contributed by atoms with Crippen molar-refractivity contribution in [2.45, 2.75) is 6.54 Å². The zero-order valence-corrected chi connectivity index (χ0v) is 10.8. The van der Waals surface area contributed by atoms with Gasteiger partial charge in [-0.05, 0) is 40.3 Å². The Bertz CT molecular complexity index is 692. The summed E-state index contributed by atoms with van der Waals surface area (Å²) >= 11 is 0. The van der Waals surface area contributed by atoms with Gasteiger partial charge in [-0.1, -0.05) is 35.4 Å². The van der Waals surface area contributed by atoms with Gasteiger partial charge >= 0.3 is 0 Å². The van der Waals surface area contributed by atoms with E-state index in [0.717, 1.165) is 16.9 Å². The minimum atomic E-state index is 0.596. The molecule has 1 aromatic heterocycles. The number of hydrogen-bond donors (Lipinski definition) is 2. The van der Waals surface area contributed by atoms with E-state index in [2.05, 4.69) is 20.8 Å². The summed E-state index contributed by atoms with van der Waals surface area (Å²) < 4.78 is 1.66. The molecule has 3 N–H and O–H groups in total. The zero-order valence-electron chi connectivity index (χ0n) is 10.8. The number of hydrogen-bond acceptors (Lipinski definition) is 5. The van der Waals surface area contributed by atoms with Crippen LogP contribution in [0.15, 0.2) is 54.6 Å². The highest BCUT2D eigenvalue weighted by molar-refractivity contribution is 5.43. The quantitative estimate of drug-likeness (QED) is 0.704. The summed E-state index contributed by atoms with van der Waals surface area (Å²) in [5.74, 6) is 0.596. The molecule has 100 valence electrons. The van der Waals surface area contributed by atoms with E-state index in [1.807, 2.05) is 54.6 Å². The third-order valence-electron chi connectivity index (χ3n) is 2.87. The fourth-order valence-electron chi connectivity index (χ4n) is 1.92. The Morgan fingerprint density at radius 1 is 1.05 bits per heavy atom. The molecule has 0 aliphatic rings. The lowest BCUT2D eigenvalue weighted by Crippen LogP contribution is -2.07. The van der Waals surface area contributed by atoms with Crippen LogP contribution in [0.25, 0.3) is 5.69 Å². The first-order valence-electron chi connectivity index (χ1n) is 6.25. The Labute approximate surface area is 116 Å². The van der Waals surface area contributed by atoms with Crippen molar-refractivity contribution in [3.8, 4) is 5.69 Å². The average molecular weight is 266 g/mol. The van der Waals surface area contributed by atoms with Gasteiger partial charge < -0.3 is 11.1 Å². The number of para-hydroxylation sites is 1. The van der Waals surface area contributed by atoms with Crippen molar-refractivity contribution in [1.29, 1.82) is 0 Å². The van der Waals surface area contributed by atoms with Gasteiger partial charge in [-0.25, -0.2) is 0 Å². The van der Waals surface area contributed by atoms with Crippen molar-refractivity contribution in [2.75, 3.05) is 11.1 Å². The Morgan fingerprint density at radius 2 is 1.90 bits per heavy atom. The molecule has 6 nitrogen and oxygen atoms in total. The molecule has 0 saturated carbocycles. The Balaban J connectivity index is 1.78. The molecule has 0 aliphatic heterocycles. The number of tetrazole rings is 1. The molecule has 0 radical (unpaired) electrons. The second kappa shape index (κ2) is 5.40. The molecule has 0 amide bonds. The lowest BCUT2D eigenvalue weighted by Gasteiger charge is -2.07. The maximum absolute atomic E-state index is 5.76. The van der Waals surface area contributed by atoms with Gasteiger partial charge in [0.25, 0.3) is 0 Å². The minimum Gasteiger partial charge on any atom is -0.399 e. The molecule has 0 bridgehead atoms. The van der Waals surface area contributed by atoms with Crippen LogP contribution in [0.5, 0.6) is 0 Å². The van der Waals surface area contributed by atoms with E-state index in [0.29, 0.717) is 12.5 Å². The van der Waals surface area contributed by atoms with Gasteiger partial charge in [0.1, 0.15) is 0 Å². The van der Waals surface area contributed by atoms with Crippen molar-refractivity contribution in [1.82, 2.24) is 20.2 Å². The summed E-state index contributed by atoms with van der Waals surface area (Å²) in [5.41, 5.74) is 8.48. The second-order valence-electron chi connectivity index (χ2n) is 4.35. The van der Waals surface area contributed by atoms with Crippen LogP contribution in [-0.2, 0) is 6.54 Å².